The van der Waals surface area contributed by atoms with E-state index in [1.807, 2.05) is 0 Å². The van der Waals surface area contributed by atoms with Crippen molar-refractivity contribution in [2.24, 2.45) is 0 Å². The first-order valence-corrected chi connectivity index (χ1v) is 11.3. The quantitative estimate of drug-likeness (QED) is 0.202. The number of halogens is 7. The van der Waals surface area contributed by atoms with E-state index in [0.29, 0.717) is 4.34 Å². The van der Waals surface area contributed by atoms with Gasteiger partial charge >= 0.3 is 8.90 Å². The van der Waals surface area contributed by atoms with Crippen LogP contribution < -0.4 is 5.19 Å². The van der Waals surface area contributed by atoms with E-state index >= 15 is 0 Å². The van der Waals surface area contributed by atoms with Crippen molar-refractivity contribution in [3.05, 3.63) is 29.1 Å². The third-order valence-electron chi connectivity index (χ3n) is 2.81. The predicted molar refractivity (Wildman–Crippen MR) is 72.7 cm³/mol. The Morgan fingerprint density at radius 1 is 0.682 bits per heavy atom. The van der Waals surface area contributed by atoms with E-state index in [0.717, 1.165) is 5.01 Å². The highest BCUT2D eigenvalue weighted by Gasteiger charge is 2.57. The zero-order valence-corrected chi connectivity index (χ0v) is 14.5. The van der Waals surface area contributed by atoms with E-state index in [9.17, 15) is 30.2 Å². The van der Waals surface area contributed by atoms with E-state index < -0.39 is 51.4 Å². The molecule has 2 nitrogen and oxygen atoms in total. The number of rotatable bonds is 4. The molecule has 1 rings (SSSR count). The molecular weight excluding hydrogens is 349 g/mol. The Kier molecular flexibility index (Phi) is 5.17. The molecule has 0 aliphatic heterocycles. The van der Waals surface area contributed by atoms with Crippen LogP contribution in [0.3, 0.4) is 0 Å². The molecule has 0 atom stereocenters. The molecular formula is C11H15F7N2Si2. The van der Waals surface area contributed by atoms with Gasteiger partial charge in [-0.1, -0.05) is 19.6 Å². The summed E-state index contributed by atoms with van der Waals surface area (Å²) in [6.45, 7) is 4.42. The number of hydrogen-bond acceptors (Lipinski definition) is 2. The lowest BCUT2D eigenvalue weighted by Gasteiger charge is -2.42. The SMILES string of the molecule is CN(C)N([Si](C)(C)C)[Si](F)(F)c1c(F)c(F)c(F)c(F)c1F. The summed E-state index contributed by atoms with van der Waals surface area (Å²) in [4.78, 5) is 0. The van der Waals surface area contributed by atoms with Gasteiger partial charge in [0.15, 0.2) is 23.3 Å². The zero-order chi connectivity index (χ0) is 17.6. The van der Waals surface area contributed by atoms with E-state index in [-0.39, 0.29) is 0 Å². The zero-order valence-electron chi connectivity index (χ0n) is 12.5. The second-order valence-electron chi connectivity index (χ2n) is 5.82. The maximum absolute atomic E-state index is 14.7. The van der Waals surface area contributed by atoms with Crippen molar-refractivity contribution in [1.29, 1.82) is 0 Å². The average Bonchev–Trinajstić information content (AvgIpc) is 2.30. The normalized spacial score (nSPS) is 13.4. The molecule has 0 heterocycles. The van der Waals surface area contributed by atoms with Gasteiger partial charge in [-0.3, -0.25) is 5.01 Å². The van der Waals surface area contributed by atoms with Crippen LogP contribution in [0.4, 0.5) is 30.2 Å². The van der Waals surface area contributed by atoms with Crippen molar-refractivity contribution < 1.29 is 30.2 Å². The van der Waals surface area contributed by atoms with Gasteiger partial charge < -0.3 is 0 Å². The average molecular weight is 364 g/mol. The maximum atomic E-state index is 14.7. The molecule has 0 saturated carbocycles. The third kappa shape index (κ3) is 3.07. The molecule has 22 heavy (non-hydrogen) atoms. The molecule has 0 aromatic heterocycles. The van der Waals surface area contributed by atoms with Gasteiger partial charge in [-0.05, 0) is 0 Å². The Balaban J connectivity index is 3.72. The Hall–Kier alpha value is -0.916. The molecule has 11 heteroatoms. The molecule has 0 radical (unpaired) electrons. The number of nitrogens with zero attached hydrogens (tertiary/aromatic N) is 2. The van der Waals surface area contributed by atoms with Crippen molar-refractivity contribution >= 4 is 22.3 Å². The fourth-order valence-electron chi connectivity index (χ4n) is 2.25. The molecule has 0 aliphatic carbocycles. The van der Waals surface area contributed by atoms with Crippen LogP contribution in [0.5, 0.6) is 0 Å². The minimum absolute atomic E-state index is 0.498. The largest absolute Gasteiger partial charge is 0.553 e. The van der Waals surface area contributed by atoms with Crippen molar-refractivity contribution in [2.45, 2.75) is 19.6 Å². The highest BCUT2D eigenvalue weighted by atomic mass is 28.5. The topological polar surface area (TPSA) is 6.48 Å². The molecule has 126 valence electrons. The van der Waals surface area contributed by atoms with Crippen LogP contribution in [0.15, 0.2) is 0 Å². The third-order valence-corrected chi connectivity index (χ3v) is 9.31. The molecule has 0 spiro atoms. The molecule has 0 amide bonds. The van der Waals surface area contributed by atoms with Crippen molar-refractivity contribution in [3.8, 4) is 0 Å². The van der Waals surface area contributed by atoms with E-state index in [2.05, 4.69) is 0 Å². The summed E-state index contributed by atoms with van der Waals surface area (Å²) in [6, 6.07) is 0. The molecule has 1 aromatic carbocycles. The monoisotopic (exact) mass is 364 g/mol. The second-order valence-corrected chi connectivity index (χ2v) is 13.0. The van der Waals surface area contributed by atoms with Gasteiger partial charge in [-0.25, -0.2) is 34.5 Å². The van der Waals surface area contributed by atoms with Gasteiger partial charge in [-0.15, -0.1) is 0 Å². The first-order valence-electron chi connectivity index (χ1n) is 6.11. The standard InChI is InChI=1S/C11H15F7N2Si2/c1-19(2)20(21(3,4)5)22(17,18)11-9(15)7(13)6(12)8(14)10(11)16/h1-5H3. The predicted octanol–water partition coefficient (Wildman–Crippen LogP) is 3.08. The highest BCUT2D eigenvalue weighted by Crippen LogP contribution is 2.27. The summed E-state index contributed by atoms with van der Waals surface area (Å²) in [6.07, 6.45) is 0. The Morgan fingerprint density at radius 2 is 1.00 bits per heavy atom. The lowest BCUT2D eigenvalue weighted by Crippen LogP contribution is -2.70. The van der Waals surface area contributed by atoms with Crippen LogP contribution in [0.2, 0.25) is 19.6 Å². The first kappa shape index (κ1) is 19.1. The van der Waals surface area contributed by atoms with Crippen molar-refractivity contribution in [2.75, 3.05) is 14.1 Å². The van der Waals surface area contributed by atoms with Crippen LogP contribution >= 0.6 is 0 Å². The van der Waals surface area contributed by atoms with Gasteiger partial charge in [0.25, 0.3) is 0 Å². The Bertz CT molecular complexity index is 558. The summed E-state index contributed by atoms with van der Waals surface area (Å²) in [5.74, 6) is -12.1. The Labute approximate surface area is 125 Å². The number of hydrogen-bond donors (Lipinski definition) is 0. The van der Waals surface area contributed by atoms with Gasteiger partial charge in [0.2, 0.25) is 5.82 Å². The summed E-state index contributed by atoms with van der Waals surface area (Å²) >= 11 is 0. The van der Waals surface area contributed by atoms with Crippen LogP contribution in [-0.4, -0.2) is 40.6 Å². The van der Waals surface area contributed by atoms with Crippen molar-refractivity contribution in [1.82, 2.24) is 9.35 Å². The summed E-state index contributed by atoms with van der Waals surface area (Å²) in [5.41, 5.74) is 0. The van der Waals surface area contributed by atoms with E-state index in [1.165, 1.54) is 33.7 Å². The van der Waals surface area contributed by atoms with E-state index in [1.54, 1.807) is 0 Å². The highest BCUT2D eigenvalue weighted by molar-refractivity contribution is 6.91. The maximum Gasteiger partial charge on any atom is 0.553 e. The molecule has 0 aliphatic rings. The van der Waals surface area contributed by atoms with E-state index in [4.69, 9.17) is 0 Å². The molecule has 0 bridgehead atoms. The minimum atomic E-state index is -6.16. The fraction of sp³-hybridized carbons (Fsp3) is 0.455. The first-order chi connectivity index (χ1) is 9.74. The molecule has 0 N–H and O–H groups in total. The summed E-state index contributed by atoms with van der Waals surface area (Å²) in [5, 5.41) is -1.07. The van der Waals surface area contributed by atoms with Crippen molar-refractivity contribution in [3.63, 3.8) is 0 Å². The van der Waals surface area contributed by atoms with Crippen LogP contribution in [0.1, 0.15) is 0 Å². The van der Waals surface area contributed by atoms with Gasteiger partial charge in [-0.2, -0.15) is 0 Å². The number of benzene rings is 1. The van der Waals surface area contributed by atoms with Gasteiger partial charge in [0, 0.05) is 14.1 Å². The minimum Gasteiger partial charge on any atom is -0.256 e. The molecule has 0 fully saturated rings. The summed E-state index contributed by atoms with van der Waals surface area (Å²) < 4.78 is 96.7. The molecule has 0 saturated heterocycles. The van der Waals surface area contributed by atoms with Gasteiger partial charge in [0.05, 0.1) is 5.19 Å². The molecule has 0 unspecified atom stereocenters. The smallest absolute Gasteiger partial charge is 0.256 e. The van der Waals surface area contributed by atoms with Crippen LogP contribution in [0.25, 0.3) is 0 Å². The lowest BCUT2D eigenvalue weighted by molar-refractivity contribution is 0.172. The number of hydrazine groups is 1. The lowest BCUT2D eigenvalue weighted by atomic mass is 10.3. The molecule has 1 aromatic rings. The van der Waals surface area contributed by atoms with Crippen LogP contribution in [-0.2, 0) is 0 Å². The summed E-state index contributed by atoms with van der Waals surface area (Å²) in [7, 11) is -6.57. The second kappa shape index (κ2) is 5.94. The van der Waals surface area contributed by atoms with Crippen LogP contribution in [0, 0.1) is 29.1 Å². The fourth-order valence-corrected chi connectivity index (χ4v) is 8.61. The van der Waals surface area contributed by atoms with Gasteiger partial charge in [0.1, 0.15) is 8.24 Å². The Morgan fingerprint density at radius 3 is 1.27 bits per heavy atom.